The summed E-state index contributed by atoms with van der Waals surface area (Å²) in [6.45, 7) is 9.60. The van der Waals surface area contributed by atoms with Crippen LogP contribution in [0.2, 0.25) is 0 Å². The number of hydrogen-bond acceptors (Lipinski definition) is 7. The number of carbonyl (C=O) groups excluding carboxylic acids is 3. The van der Waals surface area contributed by atoms with Crippen LogP contribution in [0.3, 0.4) is 0 Å². The lowest BCUT2D eigenvalue weighted by molar-refractivity contribution is -0.395. The van der Waals surface area contributed by atoms with Crippen molar-refractivity contribution in [3.05, 3.63) is 35.9 Å². The van der Waals surface area contributed by atoms with Gasteiger partial charge in [-0.15, -0.1) is 0 Å². The Kier molecular flexibility index (Phi) is 8.12. The smallest absolute Gasteiger partial charge is 0.354 e. The highest BCUT2D eigenvalue weighted by atomic mass is 17.2. The first-order valence-corrected chi connectivity index (χ1v) is 8.90. The summed E-state index contributed by atoms with van der Waals surface area (Å²) in [6, 6.07) is 8.30. The Bertz CT molecular complexity index is 628. The number of Topliss-reactive ketones (excluding diaryl/α,β-unsaturated/α-hetero) is 1. The Hall–Kier alpha value is -2.25. The summed E-state index contributed by atoms with van der Waals surface area (Å²) in [5.41, 5.74) is -2.91. The van der Waals surface area contributed by atoms with E-state index in [0.717, 1.165) is 0 Å². The molecule has 0 radical (unpaired) electrons. The van der Waals surface area contributed by atoms with Crippen LogP contribution >= 0.6 is 0 Å². The maximum absolute atomic E-state index is 13.0. The van der Waals surface area contributed by atoms with Crippen LogP contribution in [0.4, 0.5) is 0 Å². The first-order chi connectivity index (χ1) is 12.6. The minimum absolute atomic E-state index is 0.00882. The van der Waals surface area contributed by atoms with Gasteiger partial charge in [0.15, 0.2) is 5.78 Å². The molecule has 0 aliphatic rings. The second-order valence-electron chi connectivity index (χ2n) is 6.91. The predicted octanol–water partition coefficient (Wildman–Crippen LogP) is 3.12. The summed E-state index contributed by atoms with van der Waals surface area (Å²) in [5, 5.41) is 0. The Labute approximate surface area is 159 Å². The molecule has 0 saturated heterocycles. The van der Waals surface area contributed by atoms with Crippen LogP contribution < -0.4 is 0 Å². The van der Waals surface area contributed by atoms with Gasteiger partial charge in [0.25, 0.3) is 0 Å². The van der Waals surface area contributed by atoms with Gasteiger partial charge in [0.05, 0.1) is 24.7 Å². The van der Waals surface area contributed by atoms with Gasteiger partial charge >= 0.3 is 17.5 Å². The number of esters is 2. The zero-order valence-corrected chi connectivity index (χ0v) is 16.7. The van der Waals surface area contributed by atoms with E-state index in [1.165, 1.54) is 6.92 Å². The van der Waals surface area contributed by atoms with Gasteiger partial charge in [-0.05, 0) is 34.6 Å². The molecule has 1 rings (SSSR count). The lowest BCUT2D eigenvalue weighted by Gasteiger charge is -2.34. The van der Waals surface area contributed by atoms with Crippen LogP contribution in [0.15, 0.2) is 30.3 Å². The molecule has 0 fully saturated rings. The van der Waals surface area contributed by atoms with Crippen LogP contribution in [-0.4, -0.2) is 42.1 Å². The highest BCUT2D eigenvalue weighted by Crippen LogP contribution is 2.31. The molecule has 0 aliphatic carbocycles. The van der Waals surface area contributed by atoms with Crippen molar-refractivity contribution in [2.24, 2.45) is 5.92 Å². The average Bonchev–Trinajstić information content (AvgIpc) is 2.61. The van der Waals surface area contributed by atoms with E-state index in [-0.39, 0.29) is 13.2 Å². The highest BCUT2D eigenvalue weighted by molar-refractivity contribution is 6.11. The van der Waals surface area contributed by atoms with E-state index in [1.807, 2.05) is 0 Å². The number of ketones is 1. The zero-order valence-electron chi connectivity index (χ0n) is 16.7. The molecule has 0 bridgehead atoms. The predicted molar refractivity (Wildman–Crippen MR) is 97.9 cm³/mol. The summed E-state index contributed by atoms with van der Waals surface area (Å²) >= 11 is 0. The molecule has 0 heterocycles. The Morgan fingerprint density at radius 2 is 1.37 bits per heavy atom. The molecular formula is C20H28O7. The lowest BCUT2D eigenvalue weighted by atomic mass is 9.83. The summed E-state index contributed by atoms with van der Waals surface area (Å²) < 4.78 is 10.1. The standard InChI is InChI=1S/C20H28O7/c1-7-24-17(22)20(18(23)25-8-2,27-26-19(4,5)6)14(3)16(21)15-12-10-9-11-13-15/h9-14H,7-8H2,1-6H3. The molecule has 0 saturated carbocycles. The molecule has 7 heteroatoms. The van der Waals surface area contributed by atoms with Gasteiger partial charge < -0.3 is 9.47 Å². The molecule has 0 aromatic heterocycles. The SMILES string of the molecule is CCOC(=O)C(OOC(C)(C)C)(C(=O)OCC)C(C)C(=O)c1ccccc1. The number of rotatable bonds is 9. The molecule has 0 spiro atoms. The lowest BCUT2D eigenvalue weighted by Crippen LogP contribution is -2.58. The van der Waals surface area contributed by atoms with E-state index in [0.29, 0.717) is 5.56 Å². The van der Waals surface area contributed by atoms with Crippen molar-refractivity contribution in [1.82, 2.24) is 0 Å². The minimum Gasteiger partial charge on any atom is -0.463 e. The van der Waals surface area contributed by atoms with Crippen LogP contribution in [0.1, 0.15) is 51.9 Å². The van der Waals surface area contributed by atoms with Crippen LogP contribution in [-0.2, 0) is 28.8 Å². The van der Waals surface area contributed by atoms with Gasteiger partial charge in [0.1, 0.15) is 0 Å². The maximum atomic E-state index is 13.0. The first-order valence-electron chi connectivity index (χ1n) is 8.90. The Morgan fingerprint density at radius 1 is 0.889 bits per heavy atom. The second kappa shape index (κ2) is 9.62. The Balaban J connectivity index is 3.44. The third kappa shape index (κ3) is 5.61. The molecule has 1 atom stereocenters. The number of carbonyl (C=O) groups is 3. The molecule has 1 unspecified atom stereocenters. The second-order valence-corrected chi connectivity index (χ2v) is 6.91. The largest absolute Gasteiger partial charge is 0.463 e. The van der Waals surface area contributed by atoms with Crippen molar-refractivity contribution in [3.63, 3.8) is 0 Å². The molecule has 7 nitrogen and oxygen atoms in total. The monoisotopic (exact) mass is 380 g/mol. The summed E-state index contributed by atoms with van der Waals surface area (Å²) in [7, 11) is 0. The zero-order chi connectivity index (χ0) is 20.7. The van der Waals surface area contributed by atoms with Crippen molar-refractivity contribution in [2.45, 2.75) is 52.7 Å². The van der Waals surface area contributed by atoms with Crippen molar-refractivity contribution >= 4 is 17.7 Å². The topological polar surface area (TPSA) is 88.1 Å². The fraction of sp³-hybridized carbons (Fsp3) is 0.550. The molecule has 1 aromatic rings. The van der Waals surface area contributed by atoms with E-state index in [9.17, 15) is 14.4 Å². The highest BCUT2D eigenvalue weighted by Gasteiger charge is 2.59. The quantitative estimate of drug-likeness (QED) is 0.214. The van der Waals surface area contributed by atoms with Gasteiger partial charge in [-0.2, -0.15) is 0 Å². The number of hydrogen-bond donors (Lipinski definition) is 0. The summed E-state index contributed by atoms with van der Waals surface area (Å²) in [5.74, 6) is -3.80. The van der Waals surface area contributed by atoms with Gasteiger partial charge in [-0.1, -0.05) is 37.3 Å². The van der Waals surface area contributed by atoms with Gasteiger partial charge in [-0.3, -0.25) is 4.79 Å². The van der Waals surface area contributed by atoms with E-state index in [1.54, 1.807) is 65.0 Å². The number of ether oxygens (including phenoxy) is 2. The molecular weight excluding hydrogens is 352 g/mol. The van der Waals surface area contributed by atoms with Crippen molar-refractivity contribution in [2.75, 3.05) is 13.2 Å². The van der Waals surface area contributed by atoms with Crippen LogP contribution in [0, 0.1) is 5.92 Å². The van der Waals surface area contributed by atoms with Crippen molar-refractivity contribution in [3.8, 4) is 0 Å². The van der Waals surface area contributed by atoms with E-state index in [4.69, 9.17) is 19.2 Å². The van der Waals surface area contributed by atoms with E-state index >= 15 is 0 Å². The van der Waals surface area contributed by atoms with Gasteiger partial charge in [0.2, 0.25) is 0 Å². The minimum atomic E-state index is -2.38. The van der Waals surface area contributed by atoms with Gasteiger partial charge in [-0.25, -0.2) is 19.4 Å². The van der Waals surface area contributed by atoms with Crippen molar-refractivity contribution in [1.29, 1.82) is 0 Å². The van der Waals surface area contributed by atoms with E-state index < -0.39 is 34.8 Å². The molecule has 0 N–H and O–H groups in total. The number of benzene rings is 1. The fourth-order valence-corrected chi connectivity index (χ4v) is 2.28. The molecule has 27 heavy (non-hydrogen) atoms. The van der Waals surface area contributed by atoms with Crippen molar-refractivity contribution < 1.29 is 33.6 Å². The third-order valence-electron chi connectivity index (χ3n) is 3.64. The first kappa shape index (κ1) is 22.8. The maximum Gasteiger partial charge on any atom is 0.354 e. The third-order valence-corrected chi connectivity index (χ3v) is 3.64. The molecule has 0 amide bonds. The van der Waals surface area contributed by atoms with Gasteiger partial charge in [0, 0.05) is 5.56 Å². The molecule has 1 aromatic carbocycles. The Morgan fingerprint density at radius 3 is 1.78 bits per heavy atom. The average molecular weight is 380 g/mol. The van der Waals surface area contributed by atoms with E-state index in [2.05, 4.69) is 0 Å². The normalized spacial score (nSPS) is 13.0. The fourth-order valence-electron chi connectivity index (χ4n) is 2.28. The van der Waals surface area contributed by atoms with Crippen LogP contribution in [0.25, 0.3) is 0 Å². The van der Waals surface area contributed by atoms with Crippen LogP contribution in [0.5, 0.6) is 0 Å². The molecule has 150 valence electrons. The summed E-state index contributed by atoms with van der Waals surface area (Å²) in [6.07, 6.45) is 0. The molecule has 0 aliphatic heterocycles. The summed E-state index contributed by atoms with van der Waals surface area (Å²) in [4.78, 5) is 49.2.